The summed E-state index contributed by atoms with van der Waals surface area (Å²) in [5, 5.41) is 3.39. The summed E-state index contributed by atoms with van der Waals surface area (Å²) in [5.74, 6) is 1.46. The minimum atomic E-state index is 0.0340. The van der Waals surface area contributed by atoms with Gasteiger partial charge in [0.1, 0.15) is 11.9 Å². The van der Waals surface area contributed by atoms with E-state index in [4.69, 9.17) is 9.47 Å². The average Bonchev–Trinajstić information content (AvgIpc) is 2.35. The smallest absolute Gasteiger partial charge is 0.134 e. The average molecular weight is 279 g/mol. The SMILES string of the molecule is COCC(CNC(C)C)Oc1ccc(C(C)C)c(C)c1. The lowest BCUT2D eigenvalue weighted by molar-refractivity contribution is 0.0794. The van der Waals surface area contributed by atoms with Crippen LogP contribution in [0.25, 0.3) is 0 Å². The Labute approximate surface area is 123 Å². The Morgan fingerprint density at radius 1 is 1.15 bits per heavy atom. The number of rotatable bonds is 8. The lowest BCUT2D eigenvalue weighted by Gasteiger charge is -2.21. The van der Waals surface area contributed by atoms with Crippen molar-refractivity contribution >= 4 is 0 Å². The van der Waals surface area contributed by atoms with Crippen LogP contribution in [0.3, 0.4) is 0 Å². The Kier molecular flexibility index (Phi) is 7.03. The number of benzene rings is 1. The fourth-order valence-electron chi connectivity index (χ4n) is 2.25. The molecule has 0 aromatic heterocycles. The lowest BCUT2D eigenvalue weighted by Crippen LogP contribution is -2.38. The van der Waals surface area contributed by atoms with Crippen molar-refractivity contribution in [3.8, 4) is 5.75 Å². The van der Waals surface area contributed by atoms with Crippen molar-refractivity contribution in [1.82, 2.24) is 5.32 Å². The first kappa shape index (κ1) is 17.0. The maximum Gasteiger partial charge on any atom is 0.134 e. The highest BCUT2D eigenvalue weighted by molar-refractivity contribution is 5.36. The van der Waals surface area contributed by atoms with Gasteiger partial charge < -0.3 is 14.8 Å². The third kappa shape index (κ3) is 5.51. The van der Waals surface area contributed by atoms with E-state index in [1.54, 1.807) is 7.11 Å². The summed E-state index contributed by atoms with van der Waals surface area (Å²) < 4.78 is 11.3. The first-order valence-corrected chi connectivity index (χ1v) is 7.43. The van der Waals surface area contributed by atoms with Gasteiger partial charge in [-0.2, -0.15) is 0 Å². The zero-order chi connectivity index (χ0) is 15.1. The van der Waals surface area contributed by atoms with Crippen LogP contribution in [-0.4, -0.2) is 32.4 Å². The zero-order valence-corrected chi connectivity index (χ0v) is 13.7. The summed E-state index contributed by atoms with van der Waals surface area (Å²) in [6, 6.07) is 6.78. The Morgan fingerprint density at radius 2 is 1.85 bits per heavy atom. The maximum atomic E-state index is 6.03. The van der Waals surface area contributed by atoms with Gasteiger partial charge in [0, 0.05) is 19.7 Å². The van der Waals surface area contributed by atoms with Gasteiger partial charge in [-0.05, 0) is 36.1 Å². The molecule has 1 aromatic rings. The number of nitrogens with one attached hydrogen (secondary N) is 1. The predicted molar refractivity (Wildman–Crippen MR) is 84.7 cm³/mol. The quantitative estimate of drug-likeness (QED) is 0.790. The van der Waals surface area contributed by atoms with Crippen molar-refractivity contribution in [1.29, 1.82) is 0 Å². The van der Waals surface area contributed by atoms with Crippen LogP contribution >= 0.6 is 0 Å². The fraction of sp³-hybridized carbons (Fsp3) is 0.647. The molecular formula is C17H29NO2. The summed E-state index contributed by atoms with van der Waals surface area (Å²) in [6.07, 6.45) is 0.0340. The lowest BCUT2D eigenvalue weighted by atomic mass is 9.98. The van der Waals surface area contributed by atoms with Gasteiger partial charge in [-0.25, -0.2) is 0 Å². The molecule has 0 amide bonds. The maximum absolute atomic E-state index is 6.03. The van der Waals surface area contributed by atoms with Crippen molar-refractivity contribution in [2.75, 3.05) is 20.3 Å². The Bertz CT molecular complexity index is 402. The van der Waals surface area contributed by atoms with E-state index in [0.717, 1.165) is 12.3 Å². The molecule has 0 radical (unpaired) electrons. The van der Waals surface area contributed by atoms with E-state index in [1.807, 2.05) is 0 Å². The topological polar surface area (TPSA) is 30.5 Å². The summed E-state index contributed by atoms with van der Waals surface area (Å²) >= 11 is 0. The molecule has 0 fully saturated rings. The molecule has 0 aliphatic carbocycles. The van der Waals surface area contributed by atoms with Gasteiger partial charge >= 0.3 is 0 Å². The van der Waals surface area contributed by atoms with Crippen molar-refractivity contribution in [2.45, 2.75) is 52.7 Å². The molecule has 114 valence electrons. The second-order valence-corrected chi connectivity index (χ2v) is 5.93. The summed E-state index contributed by atoms with van der Waals surface area (Å²) in [4.78, 5) is 0. The minimum Gasteiger partial charge on any atom is -0.487 e. The minimum absolute atomic E-state index is 0.0340. The van der Waals surface area contributed by atoms with Gasteiger partial charge in [-0.3, -0.25) is 0 Å². The van der Waals surface area contributed by atoms with Gasteiger partial charge in [0.05, 0.1) is 6.61 Å². The van der Waals surface area contributed by atoms with Crippen LogP contribution in [0.2, 0.25) is 0 Å². The molecule has 1 rings (SSSR count). The van der Waals surface area contributed by atoms with Crippen LogP contribution in [0.4, 0.5) is 0 Å². The highest BCUT2D eigenvalue weighted by Crippen LogP contribution is 2.24. The van der Waals surface area contributed by atoms with Crippen molar-refractivity contribution < 1.29 is 9.47 Å². The molecule has 1 N–H and O–H groups in total. The molecule has 3 nitrogen and oxygen atoms in total. The monoisotopic (exact) mass is 279 g/mol. The summed E-state index contributed by atoms with van der Waals surface area (Å²) in [6.45, 7) is 12.2. The molecule has 1 unspecified atom stereocenters. The standard InChI is InChI=1S/C17H29NO2/c1-12(2)17-8-7-15(9-14(17)5)20-16(11-19-6)10-18-13(3)4/h7-9,12-13,16,18H,10-11H2,1-6H3. The zero-order valence-electron chi connectivity index (χ0n) is 13.7. The number of methoxy groups -OCH3 is 1. The molecule has 0 spiro atoms. The fourth-order valence-corrected chi connectivity index (χ4v) is 2.25. The molecule has 0 heterocycles. The van der Waals surface area contributed by atoms with Crippen LogP contribution in [0, 0.1) is 6.92 Å². The van der Waals surface area contributed by atoms with E-state index in [9.17, 15) is 0 Å². The van der Waals surface area contributed by atoms with E-state index < -0.39 is 0 Å². The van der Waals surface area contributed by atoms with Crippen LogP contribution in [0.1, 0.15) is 44.7 Å². The third-order valence-electron chi connectivity index (χ3n) is 3.27. The van der Waals surface area contributed by atoms with E-state index in [1.165, 1.54) is 11.1 Å². The number of aryl methyl sites for hydroxylation is 1. The van der Waals surface area contributed by atoms with Gasteiger partial charge in [0.2, 0.25) is 0 Å². The van der Waals surface area contributed by atoms with Gasteiger partial charge in [-0.15, -0.1) is 0 Å². The van der Waals surface area contributed by atoms with E-state index in [-0.39, 0.29) is 6.10 Å². The molecule has 1 aromatic carbocycles. The molecule has 0 saturated heterocycles. The van der Waals surface area contributed by atoms with E-state index >= 15 is 0 Å². The number of hydrogen-bond acceptors (Lipinski definition) is 3. The Morgan fingerprint density at radius 3 is 2.35 bits per heavy atom. The second kappa shape index (κ2) is 8.28. The van der Waals surface area contributed by atoms with Crippen molar-refractivity contribution in [2.24, 2.45) is 0 Å². The van der Waals surface area contributed by atoms with Gasteiger partial charge in [-0.1, -0.05) is 33.8 Å². The largest absolute Gasteiger partial charge is 0.487 e. The van der Waals surface area contributed by atoms with Crippen molar-refractivity contribution in [3.05, 3.63) is 29.3 Å². The van der Waals surface area contributed by atoms with Gasteiger partial charge in [0.25, 0.3) is 0 Å². The second-order valence-electron chi connectivity index (χ2n) is 5.93. The molecular weight excluding hydrogens is 250 g/mol. The molecule has 0 aliphatic heterocycles. The van der Waals surface area contributed by atoms with Crippen LogP contribution in [0.15, 0.2) is 18.2 Å². The van der Waals surface area contributed by atoms with Crippen LogP contribution < -0.4 is 10.1 Å². The highest BCUT2D eigenvalue weighted by atomic mass is 16.5. The molecule has 0 aliphatic rings. The normalized spacial score (nSPS) is 13.0. The number of ether oxygens (including phenoxy) is 2. The third-order valence-corrected chi connectivity index (χ3v) is 3.27. The Hall–Kier alpha value is -1.06. The molecule has 1 atom stereocenters. The first-order chi connectivity index (χ1) is 9.43. The highest BCUT2D eigenvalue weighted by Gasteiger charge is 2.12. The summed E-state index contributed by atoms with van der Waals surface area (Å²) in [5.41, 5.74) is 2.66. The van der Waals surface area contributed by atoms with Crippen LogP contribution in [-0.2, 0) is 4.74 Å². The number of hydrogen-bond donors (Lipinski definition) is 1. The van der Waals surface area contributed by atoms with E-state index in [2.05, 4.69) is 58.1 Å². The molecule has 0 bridgehead atoms. The van der Waals surface area contributed by atoms with Crippen molar-refractivity contribution in [3.63, 3.8) is 0 Å². The van der Waals surface area contributed by atoms with Gasteiger partial charge in [0.15, 0.2) is 0 Å². The molecule has 0 saturated carbocycles. The predicted octanol–water partition coefficient (Wildman–Crippen LogP) is 3.51. The van der Waals surface area contributed by atoms with E-state index in [0.29, 0.717) is 18.6 Å². The first-order valence-electron chi connectivity index (χ1n) is 7.43. The van der Waals surface area contributed by atoms with Crippen LogP contribution in [0.5, 0.6) is 5.75 Å². The molecule has 3 heteroatoms. The summed E-state index contributed by atoms with van der Waals surface area (Å²) in [7, 11) is 1.71. The molecule has 20 heavy (non-hydrogen) atoms. The Balaban J connectivity index is 2.70.